The summed E-state index contributed by atoms with van der Waals surface area (Å²) in [6.45, 7) is 0.963. The van der Waals surface area contributed by atoms with Crippen molar-refractivity contribution in [2.75, 3.05) is 20.6 Å². The monoisotopic (exact) mass is 217 g/mol. The average Bonchev–Trinajstić information content (AvgIpc) is 2.74. The first kappa shape index (κ1) is 11.0. The van der Waals surface area contributed by atoms with Gasteiger partial charge in [-0.2, -0.15) is 0 Å². The van der Waals surface area contributed by atoms with Crippen molar-refractivity contribution < 1.29 is 0 Å². The van der Waals surface area contributed by atoms with E-state index in [1.807, 2.05) is 7.05 Å². The maximum absolute atomic E-state index is 4.12. The van der Waals surface area contributed by atoms with E-state index in [1.165, 1.54) is 24.0 Å². The number of guanidine groups is 1. The zero-order valence-electron chi connectivity index (χ0n) is 9.96. The maximum Gasteiger partial charge on any atom is 0.190 e. The molecular weight excluding hydrogens is 198 g/mol. The Hall–Kier alpha value is -1.51. The van der Waals surface area contributed by atoms with Gasteiger partial charge in [-0.1, -0.05) is 24.3 Å². The molecule has 0 saturated carbocycles. The number of aliphatic imine (C=N–C) groups is 1. The standard InChI is InChI=1S/C13H19N3/c1-14-13(15-2)16-9-11-8-7-10-5-3-4-6-12(10)11/h3-6,11H,7-9H2,1-2H3,(H2,14,15,16). The predicted molar refractivity (Wildman–Crippen MR) is 67.9 cm³/mol. The summed E-state index contributed by atoms with van der Waals surface area (Å²) in [6.07, 6.45) is 2.45. The lowest BCUT2D eigenvalue weighted by molar-refractivity contribution is 0.646. The minimum atomic E-state index is 0.626. The van der Waals surface area contributed by atoms with Gasteiger partial charge in [0.1, 0.15) is 0 Å². The quantitative estimate of drug-likeness (QED) is 0.582. The molecule has 3 heteroatoms. The molecule has 0 aliphatic heterocycles. The van der Waals surface area contributed by atoms with E-state index in [0.717, 1.165) is 12.5 Å². The Morgan fingerprint density at radius 3 is 3.00 bits per heavy atom. The molecule has 1 unspecified atom stereocenters. The van der Waals surface area contributed by atoms with Crippen molar-refractivity contribution in [2.45, 2.75) is 18.8 Å². The van der Waals surface area contributed by atoms with Crippen LogP contribution in [0.4, 0.5) is 0 Å². The molecule has 2 N–H and O–H groups in total. The van der Waals surface area contributed by atoms with Crippen LogP contribution in [0.5, 0.6) is 0 Å². The fourth-order valence-corrected chi connectivity index (χ4v) is 2.36. The van der Waals surface area contributed by atoms with Crippen LogP contribution < -0.4 is 10.6 Å². The Morgan fingerprint density at radius 1 is 1.44 bits per heavy atom. The van der Waals surface area contributed by atoms with Gasteiger partial charge in [-0.05, 0) is 24.0 Å². The number of hydrogen-bond donors (Lipinski definition) is 2. The van der Waals surface area contributed by atoms with Crippen LogP contribution in [-0.4, -0.2) is 26.6 Å². The van der Waals surface area contributed by atoms with Crippen molar-refractivity contribution in [3.05, 3.63) is 35.4 Å². The molecule has 0 heterocycles. The van der Waals surface area contributed by atoms with Crippen LogP contribution in [0, 0.1) is 0 Å². The molecule has 86 valence electrons. The Kier molecular flexibility index (Phi) is 3.44. The molecule has 1 aliphatic carbocycles. The lowest BCUT2D eigenvalue weighted by atomic mass is 10.0. The highest BCUT2D eigenvalue weighted by Gasteiger charge is 2.21. The smallest absolute Gasteiger partial charge is 0.190 e. The van der Waals surface area contributed by atoms with Crippen LogP contribution >= 0.6 is 0 Å². The van der Waals surface area contributed by atoms with Crippen LogP contribution in [-0.2, 0) is 6.42 Å². The van der Waals surface area contributed by atoms with Crippen LogP contribution in [0.2, 0.25) is 0 Å². The van der Waals surface area contributed by atoms with E-state index in [-0.39, 0.29) is 0 Å². The number of nitrogens with zero attached hydrogens (tertiary/aromatic N) is 1. The van der Waals surface area contributed by atoms with Gasteiger partial charge in [0.15, 0.2) is 5.96 Å². The summed E-state index contributed by atoms with van der Waals surface area (Å²) in [5.74, 6) is 1.49. The Labute approximate surface area is 97.0 Å². The number of benzene rings is 1. The topological polar surface area (TPSA) is 36.4 Å². The summed E-state index contributed by atoms with van der Waals surface area (Å²) in [5, 5.41) is 6.38. The molecule has 0 radical (unpaired) electrons. The SMILES string of the molecule is CN=C(NC)NCC1CCc2ccccc21. The summed E-state index contributed by atoms with van der Waals surface area (Å²) in [5.41, 5.74) is 3.01. The lowest BCUT2D eigenvalue weighted by Gasteiger charge is -2.14. The molecule has 0 saturated heterocycles. The van der Waals surface area contributed by atoms with E-state index < -0.39 is 0 Å². The van der Waals surface area contributed by atoms with Crippen molar-refractivity contribution in [1.82, 2.24) is 10.6 Å². The molecule has 1 aromatic carbocycles. The van der Waals surface area contributed by atoms with Gasteiger partial charge >= 0.3 is 0 Å². The predicted octanol–water partition coefficient (Wildman–Crippen LogP) is 1.51. The molecule has 1 aliphatic rings. The zero-order valence-corrected chi connectivity index (χ0v) is 9.96. The third-order valence-corrected chi connectivity index (χ3v) is 3.23. The van der Waals surface area contributed by atoms with Gasteiger partial charge in [0.25, 0.3) is 0 Å². The number of rotatable bonds is 2. The van der Waals surface area contributed by atoms with Crippen molar-refractivity contribution in [2.24, 2.45) is 4.99 Å². The highest BCUT2D eigenvalue weighted by molar-refractivity contribution is 5.79. The fourth-order valence-electron chi connectivity index (χ4n) is 2.36. The lowest BCUT2D eigenvalue weighted by Crippen LogP contribution is -2.36. The van der Waals surface area contributed by atoms with E-state index in [0.29, 0.717) is 5.92 Å². The molecule has 0 amide bonds. The van der Waals surface area contributed by atoms with Gasteiger partial charge in [-0.3, -0.25) is 4.99 Å². The molecular formula is C13H19N3. The van der Waals surface area contributed by atoms with Gasteiger partial charge in [-0.15, -0.1) is 0 Å². The molecule has 0 fully saturated rings. The fraction of sp³-hybridized carbons (Fsp3) is 0.462. The Morgan fingerprint density at radius 2 is 2.25 bits per heavy atom. The molecule has 16 heavy (non-hydrogen) atoms. The molecule has 3 nitrogen and oxygen atoms in total. The summed E-state index contributed by atoms with van der Waals surface area (Å²) in [6, 6.07) is 8.74. The number of fused-ring (bicyclic) bond motifs is 1. The van der Waals surface area contributed by atoms with Crippen molar-refractivity contribution in [3.63, 3.8) is 0 Å². The normalized spacial score (nSPS) is 19.4. The van der Waals surface area contributed by atoms with Crippen molar-refractivity contribution >= 4 is 5.96 Å². The molecule has 0 spiro atoms. The van der Waals surface area contributed by atoms with Crippen molar-refractivity contribution in [1.29, 1.82) is 0 Å². The van der Waals surface area contributed by atoms with E-state index in [2.05, 4.69) is 39.9 Å². The maximum atomic E-state index is 4.12. The summed E-state index contributed by atoms with van der Waals surface area (Å²) in [7, 11) is 3.68. The van der Waals surface area contributed by atoms with Crippen LogP contribution in [0.3, 0.4) is 0 Å². The third kappa shape index (κ3) is 2.18. The van der Waals surface area contributed by atoms with E-state index >= 15 is 0 Å². The number of aryl methyl sites for hydroxylation is 1. The zero-order chi connectivity index (χ0) is 11.4. The Balaban J connectivity index is 1.98. The van der Waals surface area contributed by atoms with Crippen LogP contribution in [0.15, 0.2) is 29.3 Å². The molecule has 0 aromatic heterocycles. The minimum Gasteiger partial charge on any atom is -0.359 e. The van der Waals surface area contributed by atoms with E-state index in [4.69, 9.17) is 0 Å². The molecule has 1 atom stereocenters. The second kappa shape index (κ2) is 5.01. The van der Waals surface area contributed by atoms with Crippen LogP contribution in [0.25, 0.3) is 0 Å². The summed E-state index contributed by atoms with van der Waals surface area (Å²) in [4.78, 5) is 4.12. The summed E-state index contributed by atoms with van der Waals surface area (Å²) < 4.78 is 0. The van der Waals surface area contributed by atoms with E-state index in [9.17, 15) is 0 Å². The van der Waals surface area contributed by atoms with Gasteiger partial charge < -0.3 is 10.6 Å². The second-order valence-corrected chi connectivity index (χ2v) is 4.14. The van der Waals surface area contributed by atoms with Crippen molar-refractivity contribution in [3.8, 4) is 0 Å². The highest BCUT2D eigenvalue weighted by Crippen LogP contribution is 2.31. The first-order chi connectivity index (χ1) is 7.85. The molecule has 2 rings (SSSR count). The second-order valence-electron chi connectivity index (χ2n) is 4.14. The first-order valence-corrected chi connectivity index (χ1v) is 5.81. The van der Waals surface area contributed by atoms with Gasteiger partial charge in [0.05, 0.1) is 0 Å². The van der Waals surface area contributed by atoms with Gasteiger partial charge in [0, 0.05) is 26.6 Å². The largest absolute Gasteiger partial charge is 0.359 e. The van der Waals surface area contributed by atoms with Gasteiger partial charge in [0.2, 0.25) is 0 Å². The summed E-state index contributed by atoms with van der Waals surface area (Å²) >= 11 is 0. The van der Waals surface area contributed by atoms with Crippen LogP contribution in [0.1, 0.15) is 23.5 Å². The number of hydrogen-bond acceptors (Lipinski definition) is 1. The minimum absolute atomic E-state index is 0.626. The third-order valence-electron chi connectivity index (χ3n) is 3.23. The first-order valence-electron chi connectivity index (χ1n) is 5.81. The number of nitrogens with one attached hydrogen (secondary N) is 2. The molecule has 0 bridgehead atoms. The Bertz CT molecular complexity index is 385. The highest BCUT2D eigenvalue weighted by atomic mass is 15.1. The van der Waals surface area contributed by atoms with Gasteiger partial charge in [-0.25, -0.2) is 0 Å². The average molecular weight is 217 g/mol. The van der Waals surface area contributed by atoms with E-state index in [1.54, 1.807) is 7.05 Å². The molecule has 1 aromatic rings.